The molecule has 0 unspecified atom stereocenters. The lowest BCUT2D eigenvalue weighted by atomic mass is 10.0. The molecule has 0 radical (unpaired) electrons. The summed E-state index contributed by atoms with van der Waals surface area (Å²) < 4.78 is 25.3. The summed E-state index contributed by atoms with van der Waals surface area (Å²) in [6, 6.07) is 1.71. The molecule has 92 valence electrons. The van der Waals surface area contributed by atoms with Gasteiger partial charge in [0.15, 0.2) is 11.5 Å². The molecule has 1 fully saturated rings. The van der Waals surface area contributed by atoms with Gasteiger partial charge in [0.2, 0.25) is 0 Å². The number of fused-ring (bicyclic) bond motifs is 1. The van der Waals surface area contributed by atoms with Crippen LogP contribution < -0.4 is 15.2 Å². The molecule has 0 aromatic heterocycles. The molecular formula is C12H13BrFNO2. The molecular weight excluding hydrogens is 289 g/mol. The first-order chi connectivity index (χ1) is 8.09. The molecule has 0 amide bonds. The maximum Gasteiger partial charge on any atom is 0.178 e. The van der Waals surface area contributed by atoms with E-state index in [1.54, 1.807) is 6.07 Å². The summed E-state index contributed by atoms with van der Waals surface area (Å²) in [5.41, 5.74) is 6.40. The Morgan fingerprint density at radius 2 is 2.06 bits per heavy atom. The van der Waals surface area contributed by atoms with Crippen molar-refractivity contribution in [1.82, 2.24) is 0 Å². The average molecular weight is 302 g/mol. The number of ether oxygens (including phenoxy) is 2. The Hall–Kier alpha value is -0.810. The normalized spacial score (nSPS) is 20.2. The molecule has 1 aliphatic heterocycles. The van der Waals surface area contributed by atoms with E-state index in [4.69, 9.17) is 15.2 Å². The number of hydrogen-bond donors (Lipinski definition) is 1. The first-order valence-electron chi connectivity index (χ1n) is 5.64. The van der Waals surface area contributed by atoms with Gasteiger partial charge in [-0.1, -0.05) is 0 Å². The smallest absolute Gasteiger partial charge is 0.178 e. The lowest BCUT2D eigenvalue weighted by molar-refractivity contribution is 0.169. The van der Waals surface area contributed by atoms with Crippen LogP contribution in [0.2, 0.25) is 0 Å². The Morgan fingerprint density at radius 3 is 2.76 bits per heavy atom. The summed E-state index contributed by atoms with van der Waals surface area (Å²) in [5, 5.41) is 0. The van der Waals surface area contributed by atoms with Gasteiger partial charge in [0.05, 0.1) is 4.47 Å². The van der Waals surface area contributed by atoms with E-state index in [0.29, 0.717) is 41.2 Å². The fraction of sp³-hybridized carbons (Fsp3) is 0.500. The van der Waals surface area contributed by atoms with Crippen molar-refractivity contribution < 1.29 is 13.9 Å². The van der Waals surface area contributed by atoms with E-state index in [0.717, 1.165) is 12.8 Å². The quantitative estimate of drug-likeness (QED) is 0.912. The topological polar surface area (TPSA) is 44.5 Å². The summed E-state index contributed by atoms with van der Waals surface area (Å²) >= 11 is 3.22. The minimum absolute atomic E-state index is 0.218. The Labute approximate surface area is 107 Å². The molecule has 1 heterocycles. The summed E-state index contributed by atoms with van der Waals surface area (Å²) in [4.78, 5) is 0. The van der Waals surface area contributed by atoms with Crippen molar-refractivity contribution in [3.63, 3.8) is 0 Å². The van der Waals surface area contributed by atoms with Crippen molar-refractivity contribution in [2.24, 2.45) is 5.73 Å². The van der Waals surface area contributed by atoms with Crippen LogP contribution in [0.25, 0.3) is 0 Å². The summed E-state index contributed by atoms with van der Waals surface area (Å²) in [6.07, 6.45) is 2.46. The van der Waals surface area contributed by atoms with Gasteiger partial charge >= 0.3 is 0 Å². The van der Waals surface area contributed by atoms with E-state index in [-0.39, 0.29) is 11.4 Å². The Bertz CT molecular complexity index is 474. The number of rotatable bonds is 2. The minimum atomic E-state index is -0.286. The SMILES string of the molecule is NC1(Cc2cc3c(c(Br)c2F)OCCO3)CC1. The minimum Gasteiger partial charge on any atom is -0.486 e. The molecule has 1 aliphatic carbocycles. The highest BCUT2D eigenvalue weighted by Gasteiger charge is 2.39. The van der Waals surface area contributed by atoms with Gasteiger partial charge in [0.1, 0.15) is 19.0 Å². The van der Waals surface area contributed by atoms with Crippen molar-refractivity contribution in [3.05, 3.63) is 21.9 Å². The molecule has 17 heavy (non-hydrogen) atoms. The van der Waals surface area contributed by atoms with Crippen LogP contribution in [0.3, 0.4) is 0 Å². The van der Waals surface area contributed by atoms with Gasteiger partial charge in [0.25, 0.3) is 0 Å². The second kappa shape index (κ2) is 3.85. The summed E-state index contributed by atoms with van der Waals surface area (Å²) in [7, 11) is 0. The highest BCUT2D eigenvalue weighted by molar-refractivity contribution is 9.10. The Balaban J connectivity index is 2.01. The maximum absolute atomic E-state index is 14.1. The Kier molecular flexibility index (Phi) is 2.56. The van der Waals surface area contributed by atoms with Crippen molar-refractivity contribution in [2.45, 2.75) is 24.8 Å². The number of hydrogen-bond acceptors (Lipinski definition) is 3. The predicted octanol–water partition coefficient (Wildman–Crippen LogP) is 2.39. The van der Waals surface area contributed by atoms with Crippen LogP contribution in [0.15, 0.2) is 10.5 Å². The molecule has 3 rings (SSSR count). The molecule has 1 aromatic rings. The lowest BCUT2D eigenvalue weighted by Gasteiger charge is -2.22. The molecule has 0 spiro atoms. The first kappa shape index (κ1) is 11.3. The predicted molar refractivity (Wildman–Crippen MR) is 64.9 cm³/mol. The standard InChI is InChI=1S/C12H13BrFNO2/c13-9-10(14)7(6-12(15)1-2-12)5-8-11(9)17-4-3-16-8/h5H,1-4,6,15H2. The van der Waals surface area contributed by atoms with Crippen LogP contribution in [0, 0.1) is 5.82 Å². The fourth-order valence-corrected chi connectivity index (χ4v) is 2.58. The van der Waals surface area contributed by atoms with Crippen LogP contribution >= 0.6 is 15.9 Å². The van der Waals surface area contributed by atoms with Gasteiger partial charge in [-0.05, 0) is 46.8 Å². The average Bonchev–Trinajstić information content (AvgIpc) is 3.04. The van der Waals surface area contributed by atoms with Crippen molar-refractivity contribution in [3.8, 4) is 11.5 Å². The molecule has 0 bridgehead atoms. The van der Waals surface area contributed by atoms with Crippen LogP contribution in [0.1, 0.15) is 18.4 Å². The van der Waals surface area contributed by atoms with E-state index in [1.165, 1.54) is 0 Å². The third kappa shape index (κ3) is 2.02. The number of nitrogens with two attached hydrogens (primary N) is 1. The monoisotopic (exact) mass is 301 g/mol. The van der Waals surface area contributed by atoms with Crippen molar-refractivity contribution in [1.29, 1.82) is 0 Å². The van der Waals surface area contributed by atoms with Gasteiger partial charge in [0, 0.05) is 5.54 Å². The molecule has 0 atom stereocenters. The molecule has 1 saturated carbocycles. The highest BCUT2D eigenvalue weighted by atomic mass is 79.9. The Morgan fingerprint density at radius 1 is 1.35 bits per heavy atom. The van der Waals surface area contributed by atoms with Crippen LogP contribution in [-0.2, 0) is 6.42 Å². The zero-order chi connectivity index (χ0) is 12.0. The van der Waals surface area contributed by atoms with Crippen molar-refractivity contribution in [2.75, 3.05) is 13.2 Å². The van der Waals surface area contributed by atoms with E-state index >= 15 is 0 Å². The number of halogens is 2. The molecule has 3 nitrogen and oxygen atoms in total. The van der Waals surface area contributed by atoms with Gasteiger partial charge in [-0.25, -0.2) is 4.39 Å². The van der Waals surface area contributed by atoms with Crippen molar-refractivity contribution >= 4 is 15.9 Å². The highest BCUT2D eigenvalue weighted by Crippen LogP contribution is 2.43. The van der Waals surface area contributed by atoms with Crippen LogP contribution in [-0.4, -0.2) is 18.8 Å². The van der Waals surface area contributed by atoms with Gasteiger partial charge in [-0.3, -0.25) is 0 Å². The van der Waals surface area contributed by atoms with Gasteiger partial charge < -0.3 is 15.2 Å². The molecule has 1 aromatic carbocycles. The van der Waals surface area contributed by atoms with Gasteiger partial charge in [-0.2, -0.15) is 0 Å². The third-order valence-electron chi connectivity index (χ3n) is 3.23. The largest absolute Gasteiger partial charge is 0.486 e. The third-order valence-corrected chi connectivity index (χ3v) is 3.93. The summed E-state index contributed by atoms with van der Waals surface area (Å²) in [6.45, 7) is 0.948. The summed E-state index contributed by atoms with van der Waals surface area (Å²) in [5.74, 6) is 0.772. The second-order valence-electron chi connectivity index (χ2n) is 4.73. The van der Waals surface area contributed by atoms with E-state index in [9.17, 15) is 4.39 Å². The fourth-order valence-electron chi connectivity index (χ4n) is 2.02. The number of benzene rings is 1. The van der Waals surface area contributed by atoms with Gasteiger partial charge in [-0.15, -0.1) is 0 Å². The van der Waals surface area contributed by atoms with Crippen LogP contribution in [0.4, 0.5) is 4.39 Å². The molecule has 0 saturated heterocycles. The van der Waals surface area contributed by atoms with E-state index < -0.39 is 0 Å². The van der Waals surface area contributed by atoms with Crippen LogP contribution in [0.5, 0.6) is 11.5 Å². The molecule has 2 aliphatic rings. The van der Waals surface area contributed by atoms with E-state index in [2.05, 4.69) is 15.9 Å². The van der Waals surface area contributed by atoms with E-state index in [1.807, 2.05) is 0 Å². The zero-order valence-electron chi connectivity index (χ0n) is 9.26. The first-order valence-corrected chi connectivity index (χ1v) is 6.44. The molecule has 5 heteroatoms. The second-order valence-corrected chi connectivity index (χ2v) is 5.52. The lowest BCUT2D eigenvalue weighted by Crippen LogP contribution is -2.25. The molecule has 2 N–H and O–H groups in total. The maximum atomic E-state index is 14.1. The zero-order valence-corrected chi connectivity index (χ0v) is 10.8.